The van der Waals surface area contributed by atoms with Crippen LogP contribution < -0.4 is 4.74 Å². The van der Waals surface area contributed by atoms with Crippen LogP contribution in [-0.2, 0) is 0 Å². The number of aryl methyl sites for hydroxylation is 1. The van der Waals surface area contributed by atoms with Gasteiger partial charge in [0.1, 0.15) is 5.75 Å². The zero-order valence-electron chi connectivity index (χ0n) is 9.36. The van der Waals surface area contributed by atoms with Crippen LogP contribution in [0.1, 0.15) is 5.56 Å². The second kappa shape index (κ2) is 5.32. The fourth-order valence-corrected chi connectivity index (χ4v) is 1.23. The van der Waals surface area contributed by atoms with Crippen LogP contribution in [0.5, 0.6) is 5.75 Å². The van der Waals surface area contributed by atoms with Gasteiger partial charge in [-0.15, -0.1) is 0 Å². The van der Waals surface area contributed by atoms with Crippen LogP contribution in [-0.4, -0.2) is 12.4 Å². The van der Waals surface area contributed by atoms with Crippen molar-refractivity contribution in [2.45, 2.75) is 19.3 Å². The highest BCUT2D eigenvalue weighted by Crippen LogP contribution is 2.39. The van der Waals surface area contributed by atoms with Crippen molar-refractivity contribution in [2.75, 3.05) is 0 Å². The van der Waals surface area contributed by atoms with Crippen molar-refractivity contribution >= 4 is 11.6 Å². The molecule has 0 amide bonds. The monoisotopic (exact) mass is 304 g/mol. The average molecular weight is 305 g/mol. The lowest BCUT2D eigenvalue weighted by atomic mass is 10.2. The van der Waals surface area contributed by atoms with Crippen molar-refractivity contribution in [1.29, 1.82) is 0 Å². The Morgan fingerprint density at radius 1 is 0.947 bits per heavy atom. The minimum atomic E-state index is -5.35. The van der Waals surface area contributed by atoms with Crippen LogP contribution in [0.15, 0.2) is 35.1 Å². The molecule has 1 rings (SSSR count). The van der Waals surface area contributed by atoms with Gasteiger partial charge in [-0.3, -0.25) is 0 Å². The van der Waals surface area contributed by atoms with E-state index in [9.17, 15) is 26.3 Å². The summed E-state index contributed by atoms with van der Waals surface area (Å²) < 4.78 is 78.4. The average Bonchev–Trinajstić information content (AvgIpc) is 2.24. The quantitative estimate of drug-likeness (QED) is 0.555. The molecule has 1 nitrogen and oxygen atoms in total. The van der Waals surface area contributed by atoms with Gasteiger partial charge in [0, 0.05) is 0 Å². The molecule has 0 bridgehead atoms. The van der Waals surface area contributed by atoms with Gasteiger partial charge >= 0.3 is 12.4 Å². The molecule has 0 fully saturated rings. The Morgan fingerprint density at radius 2 is 1.42 bits per heavy atom. The number of allylic oxidation sites excluding steroid dienone is 2. The van der Waals surface area contributed by atoms with Gasteiger partial charge in [0.25, 0.3) is 0 Å². The highest BCUT2D eigenvalue weighted by molar-refractivity contribution is 6.30. The van der Waals surface area contributed by atoms with E-state index in [0.717, 1.165) is 12.1 Å². The SMILES string of the molecule is Cc1ccc(O/C(=C(\Cl)C(F)(F)F)C(F)(F)F)cc1. The Labute approximate surface area is 109 Å². The maximum absolute atomic E-state index is 12.5. The molecule has 0 N–H and O–H groups in total. The van der Waals surface area contributed by atoms with Crippen molar-refractivity contribution in [1.82, 2.24) is 0 Å². The highest BCUT2D eigenvalue weighted by atomic mass is 35.5. The zero-order chi connectivity index (χ0) is 14.8. The van der Waals surface area contributed by atoms with Crippen LogP contribution in [0.4, 0.5) is 26.3 Å². The molecule has 0 aliphatic carbocycles. The minimum absolute atomic E-state index is 0.389. The molecule has 0 aliphatic rings. The van der Waals surface area contributed by atoms with Crippen LogP contribution in [0.2, 0.25) is 0 Å². The molecule has 0 spiro atoms. The molecule has 8 heteroatoms. The molecule has 0 radical (unpaired) electrons. The molecular weight excluding hydrogens is 298 g/mol. The number of halogens is 7. The first-order valence-corrected chi connectivity index (χ1v) is 5.18. The van der Waals surface area contributed by atoms with Crippen molar-refractivity contribution in [2.24, 2.45) is 0 Å². The number of rotatable bonds is 2. The van der Waals surface area contributed by atoms with Gasteiger partial charge in [0.05, 0.1) is 0 Å². The molecule has 0 unspecified atom stereocenters. The summed E-state index contributed by atoms with van der Waals surface area (Å²) in [5.74, 6) is -2.68. The summed E-state index contributed by atoms with van der Waals surface area (Å²) >= 11 is 4.70. The second-order valence-electron chi connectivity index (χ2n) is 3.55. The predicted octanol–water partition coefficient (Wildman–Crippen LogP) is 4.95. The third kappa shape index (κ3) is 4.34. The first-order chi connectivity index (χ1) is 8.51. The first kappa shape index (κ1) is 15.7. The number of hydrogen-bond donors (Lipinski definition) is 0. The summed E-state index contributed by atoms with van der Waals surface area (Å²) in [6, 6.07) is 5.01. The van der Waals surface area contributed by atoms with Crippen molar-refractivity contribution < 1.29 is 31.1 Å². The topological polar surface area (TPSA) is 9.23 Å². The smallest absolute Gasteiger partial charge is 0.451 e. The summed E-state index contributed by atoms with van der Waals surface area (Å²) in [4.78, 5) is 0. The van der Waals surface area contributed by atoms with Crippen LogP contribution in [0, 0.1) is 6.92 Å². The Balaban J connectivity index is 3.18. The molecule has 1 aromatic carbocycles. The Bertz CT molecular complexity index is 471. The van der Waals surface area contributed by atoms with E-state index < -0.39 is 23.1 Å². The van der Waals surface area contributed by atoms with E-state index in [1.54, 1.807) is 6.92 Å². The van der Waals surface area contributed by atoms with Crippen molar-refractivity contribution in [3.05, 3.63) is 40.6 Å². The first-order valence-electron chi connectivity index (χ1n) is 4.80. The summed E-state index contributed by atoms with van der Waals surface area (Å²) in [6.45, 7) is 1.66. The van der Waals surface area contributed by atoms with E-state index in [1.165, 1.54) is 12.1 Å². The molecule has 0 saturated heterocycles. The van der Waals surface area contributed by atoms with Gasteiger partial charge in [-0.1, -0.05) is 29.3 Å². The Morgan fingerprint density at radius 3 is 1.79 bits per heavy atom. The van der Waals surface area contributed by atoms with E-state index in [1.807, 2.05) is 0 Å². The van der Waals surface area contributed by atoms with Crippen LogP contribution in [0.3, 0.4) is 0 Å². The largest absolute Gasteiger partial charge is 0.451 e. The van der Waals surface area contributed by atoms with Gasteiger partial charge in [-0.25, -0.2) is 0 Å². The van der Waals surface area contributed by atoms with Gasteiger partial charge < -0.3 is 4.74 Å². The molecule has 0 aliphatic heterocycles. The lowest BCUT2D eigenvalue weighted by molar-refractivity contribution is -0.130. The lowest BCUT2D eigenvalue weighted by Crippen LogP contribution is -2.23. The predicted molar refractivity (Wildman–Crippen MR) is 56.8 cm³/mol. The third-order valence-corrected chi connectivity index (χ3v) is 2.33. The zero-order valence-corrected chi connectivity index (χ0v) is 10.1. The normalized spacial score (nSPS) is 14.1. The molecule has 0 heterocycles. The molecular formula is C11H7ClF6O. The minimum Gasteiger partial charge on any atom is -0.451 e. The van der Waals surface area contributed by atoms with Gasteiger partial charge in [-0.05, 0) is 19.1 Å². The Kier molecular flexibility index (Phi) is 4.39. The van der Waals surface area contributed by atoms with Crippen molar-refractivity contribution in [3.8, 4) is 5.75 Å². The number of ether oxygens (including phenoxy) is 1. The molecule has 0 atom stereocenters. The molecule has 1 aromatic rings. The van der Waals surface area contributed by atoms with E-state index in [-0.39, 0.29) is 5.75 Å². The van der Waals surface area contributed by atoms with E-state index in [2.05, 4.69) is 4.74 Å². The van der Waals surface area contributed by atoms with Gasteiger partial charge in [0.2, 0.25) is 5.76 Å². The maximum atomic E-state index is 12.5. The lowest BCUT2D eigenvalue weighted by Gasteiger charge is -2.16. The van der Waals surface area contributed by atoms with E-state index in [0.29, 0.717) is 5.56 Å². The summed E-state index contributed by atoms with van der Waals surface area (Å²) in [6.07, 6.45) is -10.7. The van der Waals surface area contributed by atoms with Crippen LogP contribution in [0.25, 0.3) is 0 Å². The molecule has 106 valence electrons. The number of hydrogen-bond acceptors (Lipinski definition) is 1. The molecule has 19 heavy (non-hydrogen) atoms. The summed E-state index contributed by atoms with van der Waals surface area (Å²) in [5.41, 5.74) is 0.715. The standard InChI is InChI=1S/C11H7ClF6O/c1-6-2-4-7(5-3-6)19-9(11(16,17)18)8(12)10(13,14)15/h2-5H,1H3/b9-8-. The van der Waals surface area contributed by atoms with Crippen LogP contribution >= 0.6 is 11.6 Å². The maximum Gasteiger partial charge on any atom is 0.451 e. The third-order valence-electron chi connectivity index (χ3n) is 1.95. The van der Waals surface area contributed by atoms with Crippen molar-refractivity contribution in [3.63, 3.8) is 0 Å². The second-order valence-corrected chi connectivity index (χ2v) is 3.93. The van der Waals surface area contributed by atoms with Gasteiger partial charge in [0.15, 0.2) is 5.03 Å². The molecule has 0 saturated carbocycles. The van der Waals surface area contributed by atoms with E-state index >= 15 is 0 Å². The number of alkyl halides is 6. The summed E-state index contributed by atoms with van der Waals surface area (Å²) in [5, 5.41) is -2.35. The number of benzene rings is 1. The fraction of sp³-hybridized carbons (Fsp3) is 0.273. The fourth-order valence-electron chi connectivity index (χ4n) is 1.08. The molecule has 0 aromatic heterocycles. The summed E-state index contributed by atoms with van der Waals surface area (Å²) in [7, 11) is 0. The van der Waals surface area contributed by atoms with Gasteiger partial charge in [-0.2, -0.15) is 26.3 Å². The Hall–Kier alpha value is -1.37. The highest BCUT2D eigenvalue weighted by Gasteiger charge is 2.47. The van der Waals surface area contributed by atoms with E-state index in [4.69, 9.17) is 11.6 Å².